The Bertz CT molecular complexity index is 1490. The summed E-state index contributed by atoms with van der Waals surface area (Å²) in [7, 11) is 0. The van der Waals surface area contributed by atoms with Crippen molar-refractivity contribution in [2.24, 2.45) is 29.1 Å². The number of fused-ring (bicyclic) bond motifs is 2. The highest BCUT2D eigenvalue weighted by Gasteiger charge is 2.70. The number of benzene rings is 1. The lowest BCUT2D eigenvalue weighted by Gasteiger charge is -2.34. The summed E-state index contributed by atoms with van der Waals surface area (Å²) in [5, 5.41) is 8.81. The number of H-pyrrole nitrogens is 1. The second kappa shape index (κ2) is 11.2. The second-order valence-corrected chi connectivity index (χ2v) is 13.4. The van der Waals surface area contributed by atoms with Crippen molar-refractivity contribution in [3.05, 3.63) is 35.8 Å². The average molecular weight is 614 g/mol. The van der Waals surface area contributed by atoms with Crippen molar-refractivity contribution < 1.29 is 28.4 Å². The van der Waals surface area contributed by atoms with Crippen LogP contribution in [0.3, 0.4) is 0 Å². The standard InChI is InChI=1S/C31H37ClFN5O5/c1-31(2)18-14-38(26(24(18)31)29(42)36-21(23(39)13-32)11-16-5-4-10-34-27(16)40)30(43)25(15-8-9-15)37-28(41)22-12-17-19(33)6-3-7-20(17)35-22/h3,6-7,12,15-16,18,21,24-26,35H,4-5,8-11,13-14H2,1-2H3,(H,34,40)(H,36,42)(H,37,41)/t16-,18-,21-,24-,25-,26-/m0/s1. The van der Waals surface area contributed by atoms with Gasteiger partial charge >= 0.3 is 0 Å². The Balaban J connectivity index is 1.20. The molecule has 1 aromatic carbocycles. The lowest BCUT2D eigenvalue weighted by Crippen LogP contribution is -2.58. The molecule has 6 rings (SSSR count). The van der Waals surface area contributed by atoms with Crippen molar-refractivity contribution in [1.82, 2.24) is 25.8 Å². The van der Waals surface area contributed by atoms with E-state index < -0.39 is 41.7 Å². The van der Waals surface area contributed by atoms with Crippen LogP contribution in [0.4, 0.5) is 4.39 Å². The van der Waals surface area contributed by atoms with Crippen molar-refractivity contribution in [2.45, 2.75) is 64.1 Å². The van der Waals surface area contributed by atoms with Crippen LogP contribution < -0.4 is 16.0 Å². The highest BCUT2D eigenvalue weighted by Crippen LogP contribution is 2.65. The van der Waals surface area contributed by atoms with Gasteiger partial charge in [0.2, 0.25) is 17.7 Å². The highest BCUT2D eigenvalue weighted by molar-refractivity contribution is 6.28. The molecule has 0 radical (unpaired) electrons. The summed E-state index contributed by atoms with van der Waals surface area (Å²) in [5.41, 5.74) is 0.457. The van der Waals surface area contributed by atoms with E-state index in [1.165, 1.54) is 12.1 Å². The predicted octanol–water partition coefficient (Wildman–Crippen LogP) is 2.51. The molecular formula is C31H37ClFN5O5. The molecule has 0 spiro atoms. The maximum atomic E-state index is 14.2. The first-order valence-electron chi connectivity index (χ1n) is 15.1. The van der Waals surface area contributed by atoms with Gasteiger partial charge in [-0.1, -0.05) is 19.9 Å². The van der Waals surface area contributed by atoms with Gasteiger partial charge in [0.05, 0.1) is 11.9 Å². The SMILES string of the molecule is CC1(C)[C@@H]2[C@@H](C(=O)N[C@@H](C[C@@H]3CCCNC3=O)C(=O)CCl)N(C(=O)[C@@H](NC(=O)c3cc4c(F)cccc4[nH]3)C3CC3)C[C@@H]21. The summed E-state index contributed by atoms with van der Waals surface area (Å²) < 4.78 is 14.2. The number of aromatic amines is 1. The molecule has 2 saturated carbocycles. The average Bonchev–Trinajstić information content (AvgIpc) is 3.76. The van der Waals surface area contributed by atoms with E-state index in [1.54, 1.807) is 17.0 Å². The number of aromatic nitrogens is 1. The number of hydrogen-bond acceptors (Lipinski definition) is 5. The number of likely N-dealkylation sites (tertiary alicyclic amines) is 1. The molecule has 2 aromatic rings. The summed E-state index contributed by atoms with van der Waals surface area (Å²) >= 11 is 5.89. The first kappa shape index (κ1) is 29.6. The van der Waals surface area contributed by atoms with Gasteiger partial charge in [-0.2, -0.15) is 0 Å². The largest absolute Gasteiger partial charge is 0.356 e. The van der Waals surface area contributed by atoms with E-state index in [2.05, 4.69) is 34.8 Å². The van der Waals surface area contributed by atoms with E-state index in [1.807, 2.05) is 0 Å². The zero-order chi connectivity index (χ0) is 30.6. The Morgan fingerprint density at radius 1 is 1.16 bits per heavy atom. The normalized spacial score (nSPS) is 27.2. The number of ketones is 1. The van der Waals surface area contributed by atoms with Crippen LogP contribution in [0.1, 0.15) is 56.4 Å². The van der Waals surface area contributed by atoms with Gasteiger partial charge in [0.25, 0.3) is 5.91 Å². The number of nitrogens with zero attached hydrogens (tertiary/aromatic N) is 1. The van der Waals surface area contributed by atoms with Crippen molar-refractivity contribution in [3.8, 4) is 0 Å². The summed E-state index contributed by atoms with van der Waals surface area (Å²) in [4.78, 5) is 70.9. The lowest BCUT2D eigenvalue weighted by atomic mass is 9.90. The van der Waals surface area contributed by atoms with Crippen molar-refractivity contribution in [2.75, 3.05) is 19.0 Å². The van der Waals surface area contributed by atoms with Gasteiger partial charge in [0, 0.05) is 29.9 Å². The number of nitrogens with one attached hydrogen (secondary N) is 4. The van der Waals surface area contributed by atoms with Crippen LogP contribution in [0.5, 0.6) is 0 Å². The molecule has 4 N–H and O–H groups in total. The monoisotopic (exact) mass is 613 g/mol. The van der Waals surface area contributed by atoms with Gasteiger partial charge in [-0.15, -0.1) is 11.6 Å². The minimum absolute atomic E-state index is 0.0680. The Hall–Kier alpha value is -3.47. The maximum absolute atomic E-state index is 14.2. The molecule has 3 heterocycles. The van der Waals surface area contributed by atoms with Gasteiger partial charge < -0.3 is 25.8 Å². The van der Waals surface area contributed by atoms with Crippen LogP contribution in [0, 0.1) is 34.9 Å². The predicted molar refractivity (Wildman–Crippen MR) is 157 cm³/mol. The molecule has 1 aromatic heterocycles. The van der Waals surface area contributed by atoms with E-state index in [9.17, 15) is 28.4 Å². The fraction of sp³-hybridized carbons (Fsp3) is 0.581. The Morgan fingerprint density at radius 2 is 1.93 bits per heavy atom. The highest BCUT2D eigenvalue weighted by atomic mass is 35.5. The van der Waals surface area contributed by atoms with E-state index >= 15 is 0 Å². The summed E-state index contributed by atoms with van der Waals surface area (Å²) in [6.45, 7) is 5.08. The molecule has 2 aliphatic heterocycles. The number of rotatable bonds is 10. The van der Waals surface area contributed by atoms with E-state index in [0.717, 1.165) is 19.3 Å². The van der Waals surface area contributed by atoms with Crippen molar-refractivity contribution >= 4 is 51.9 Å². The number of carbonyl (C=O) groups excluding carboxylic acids is 5. The molecule has 10 nitrogen and oxygen atoms in total. The van der Waals surface area contributed by atoms with Crippen molar-refractivity contribution in [3.63, 3.8) is 0 Å². The van der Waals surface area contributed by atoms with Crippen LogP contribution in [0.2, 0.25) is 0 Å². The number of carbonyl (C=O) groups is 5. The first-order chi connectivity index (χ1) is 20.5. The Labute approximate surface area is 253 Å². The van der Waals surface area contributed by atoms with E-state index in [-0.39, 0.29) is 64.1 Å². The van der Waals surface area contributed by atoms with E-state index in [0.29, 0.717) is 25.0 Å². The molecule has 4 fully saturated rings. The van der Waals surface area contributed by atoms with Crippen LogP contribution in [-0.4, -0.2) is 76.4 Å². The Morgan fingerprint density at radius 3 is 2.60 bits per heavy atom. The molecule has 4 aliphatic rings. The van der Waals surface area contributed by atoms with Gasteiger partial charge in [0.15, 0.2) is 5.78 Å². The third kappa shape index (κ3) is 5.52. The molecule has 0 bridgehead atoms. The molecule has 12 heteroatoms. The zero-order valence-corrected chi connectivity index (χ0v) is 25.0. The number of alkyl halides is 1. The number of hydrogen-bond donors (Lipinski definition) is 4. The van der Waals surface area contributed by atoms with E-state index in [4.69, 9.17) is 11.6 Å². The number of piperidine rings is 2. The molecular weight excluding hydrogens is 577 g/mol. The molecule has 2 saturated heterocycles. The fourth-order valence-electron chi connectivity index (χ4n) is 7.23. The van der Waals surface area contributed by atoms with Gasteiger partial charge in [0.1, 0.15) is 23.6 Å². The van der Waals surface area contributed by atoms with Crippen LogP contribution in [-0.2, 0) is 19.2 Å². The number of amides is 4. The fourth-order valence-corrected chi connectivity index (χ4v) is 7.41. The summed E-state index contributed by atoms with van der Waals surface area (Å²) in [6, 6.07) is 3.35. The molecule has 2 aliphatic carbocycles. The van der Waals surface area contributed by atoms with Gasteiger partial charge in [-0.25, -0.2) is 4.39 Å². The molecule has 4 amide bonds. The van der Waals surface area contributed by atoms with Gasteiger partial charge in [-0.3, -0.25) is 24.0 Å². The van der Waals surface area contributed by atoms with Crippen LogP contribution in [0.25, 0.3) is 10.9 Å². The zero-order valence-electron chi connectivity index (χ0n) is 24.3. The van der Waals surface area contributed by atoms with Crippen LogP contribution in [0.15, 0.2) is 24.3 Å². The summed E-state index contributed by atoms with van der Waals surface area (Å²) in [5.74, 6) is -3.08. The third-order valence-corrected chi connectivity index (χ3v) is 10.3. The minimum atomic E-state index is -0.946. The van der Waals surface area contributed by atoms with Gasteiger partial charge in [-0.05, 0) is 73.5 Å². The molecule has 0 unspecified atom stereocenters. The first-order valence-corrected chi connectivity index (χ1v) is 15.6. The number of Topliss-reactive ketones (excluding diaryl/α,β-unsaturated/α-hetero) is 1. The van der Waals surface area contributed by atoms with Crippen LogP contribution >= 0.6 is 11.6 Å². The minimum Gasteiger partial charge on any atom is -0.356 e. The maximum Gasteiger partial charge on any atom is 0.268 e. The smallest absolute Gasteiger partial charge is 0.268 e. The third-order valence-electron chi connectivity index (χ3n) is 10.0. The Kier molecular flexibility index (Phi) is 7.73. The molecule has 43 heavy (non-hydrogen) atoms. The number of halogens is 2. The van der Waals surface area contributed by atoms with Crippen molar-refractivity contribution in [1.29, 1.82) is 0 Å². The molecule has 6 atom stereocenters. The molecule has 230 valence electrons. The summed E-state index contributed by atoms with van der Waals surface area (Å²) in [6.07, 6.45) is 3.07. The quantitative estimate of drug-likeness (QED) is 0.305. The second-order valence-electron chi connectivity index (χ2n) is 13.1. The lowest BCUT2D eigenvalue weighted by molar-refractivity contribution is -0.143. The topological polar surface area (TPSA) is 140 Å².